The number of hydrogen-bond donors (Lipinski definition) is 1. The molecule has 224 valence electrons. The summed E-state index contributed by atoms with van der Waals surface area (Å²) >= 11 is 0. The highest BCUT2D eigenvalue weighted by atomic mass is 16.7. The molecule has 3 rings (SSSR count). The second-order valence-electron chi connectivity index (χ2n) is 13.8. The number of amides is 2. The molecule has 3 heterocycles. The maximum Gasteiger partial charge on any atom is 0.498 e. The van der Waals surface area contributed by atoms with Gasteiger partial charge in [0.05, 0.1) is 11.2 Å². The second kappa shape index (κ2) is 12.2. The van der Waals surface area contributed by atoms with Crippen LogP contribution in [0.5, 0.6) is 0 Å². The third-order valence-corrected chi connectivity index (χ3v) is 8.05. The number of nitrogens with one attached hydrogen (secondary N) is 1. The van der Waals surface area contributed by atoms with Gasteiger partial charge in [-0.15, -0.1) is 0 Å². The number of alkyl carbamates (subject to hydrolysis) is 1. The van der Waals surface area contributed by atoms with Crippen molar-refractivity contribution in [3.63, 3.8) is 0 Å². The predicted molar refractivity (Wildman–Crippen MR) is 158 cm³/mol. The van der Waals surface area contributed by atoms with Crippen LogP contribution in [0.3, 0.4) is 0 Å². The maximum atomic E-state index is 13.3. The first kappa shape index (κ1) is 32.1. The number of ether oxygens (including phenoxy) is 1. The summed E-state index contributed by atoms with van der Waals surface area (Å²) in [5.74, 6) is 0.970. The number of aromatic nitrogens is 2. The molecule has 2 aliphatic heterocycles. The first-order valence-corrected chi connectivity index (χ1v) is 14.6. The molecule has 1 unspecified atom stereocenters. The molecule has 0 radical (unpaired) electrons. The van der Waals surface area contributed by atoms with E-state index in [9.17, 15) is 9.59 Å². The van der Waals surface area contributed by atoms with Gasteiger partial charge < -0.3 is 29.2 Å². The average Bonchev–Trinajstić information content (AvgIpc) is 3.06. The zero-order valence-electron chi connectivity index (χ0n) is 26.4. The van der Waals surface area contributed by atoms with Crippen LogP contribution in [0.2, 0.25) is 0 Å². The Morgan fingerprint density at radius 2 is 1.60 bits per heavy atom. The van der Waals surface area contributed by atoms with Gasteiger partial charge in [0.25, 0.3) is 0 Å². The lowest BCUT2D eigenvalue weighted by Gasteiger charge is -2.38. The molecule has 2 amide bonds. The quantitative estimate of drug-likeness (QED) is 0.480. The van der Waals surface area contributed by atoms with E-state index in [0.717, 1.165) is 24.8 Å². The fourth-order valence-corrected chi connectivity index (χ4v) is 4.86. The molecule has 2 aliphatic rings. The van der Waals surface area contributed by atoms with E-state index in [1.54, 1.807) is 12.4 Å². The zero-order chi connectivity index (χ0) is 30.0. The van der Waals surface area contributed by atoms with E-state index < -0.39 is 36.1 Å². The Balaban J connectivity index is 1.58. The molecular weight excluding hydrogens is 509 g/mol. The molecule has 40 heavy (non-hydrogen) atoms. The van der Waals surface area contributed by atoms with Crippen molar-refractivity contribution in [1.82, 2.24) is 20.2 Å². The zero-order valence-corrected chi connectivity index (χ0v) is 26.4. The van der Waals surface area contributed by atoms with Crippen molar-refractivity contribution in [2.75, 3.05) is 24.5 Å². The number of anilines is 1. The van der Waals surface area contributed by atoms with E-state index in [4.69, 9.17) is 14.0 Å². The van der Waals surface area contributed by atoms with Gasteiger partial charge in [-0.1, -0.05) is 13.8 Å². The summed E-state index contributed by atoms with van der Waals surface area (Å²) in [4.78, 5) is 39.1. The summed E-state index contributed by atoms with van der Waals surface area (Å²) < 4.78 is 17.7. The van der Waals surface area contributed by atoms with Crippen molar-refractivity contribution in [1.29, 1.82) is 0 Å². The normalized spacial score (nSPS) is 20.1. The van der Waals surface area contributed by atoms with Crippen molar-refractivity contribution in [3.8, 4) is 0 Å². The van der Waals surface area contributed by atoms with Crippen LogP contribution in [0.15, 0.2) is 12.4 Å². The molecule has 0 aromatic carbocycles. The SMILES string of the molecule is CC(C)C(NC(=O)OC(C)(C)C)C(=O)N1CCC(CN(c2ncc(B3OC(C)(C)C(C)(C)O3)cn2)C(C)C)CC1. The smallest absolute Gasteiger partial charge is 0.444 e. The number of piperidine rings is 1. The summed E-state index contributed by atoms with van der Waals surface area (Å²) in [5, 5.41) is 2.79. The Morgan fingerprint density at radius 3 is 2.05 bits per heavy atom. The first-order chi connectivity index (χ1) is 18.4. The molecule has 1 aromatic heterocycles. The molecule has 2 fully saturated rings. The highest BCUT2D eigenvalue weighted by molar-refractivity contribution is 6.61. The Kier molecular flexibility index (Phi) is 9.82. The molecule has 0 saturated carbocycles. The number of nitrogens with zero attached hydrogens (tertiary/aromatic N) is 4. The van der Waals surface area contributed by atoms with Gasteiger partial charge in [-0.25, -0.2) is 14.8 Å². The molecule has 0 aliphatic carbocycles. The fraction of sp³-hybridized carbons (Fsp3) is 0.793. The van der Waals surface area contributed by atoms with Crippen molar-refractivity contribution >= 4 is 30.5 Å². The third-order valence-electron chi connectivity index (χ3n) is 8.05. The van der Waals surface area contributed by atoms with E-state index >= 15 is 0 Å². The van der Waals surface area contributed by atoms with Gasteiger partial charge in [-0.2, -0.15) is 0 Å². The Labute approximate surface area is 241 Å². The van der Waals surface area contributed by atoms with E-state index in [2.05, 4.69) is 34.0 Å². The van der Waals surface area contributed by atoms with E-state index in [-0.39, 0.29) is 17.9 Å². The Hall–Kier alpha value is -2.40. The van der Waals surface area contributed by atoms with Gasteiger partial charge in [-0.05, 0) is 87.0 Å². The van der Waals surface area contributed by atoms with Crippen LogP contribution in [0, 0.1) is 11.8 Å². The minimum atomic E-state index is -0.620. The van der Waals surface area contributed by atoms with Gasteiger partial charge in [0, 0.05) is 43.5 Å². The Bertz CT molecular complexity index is 1000. The largest absolute Gasteiger partial charge is 0.498 e. The fourth-order valence-electron chi connectivity index (χ4n) is 4.86. The van der Waals surface area contributed by atoms with Gasteiger partial charge >= 0.3 is 13.2 Å². The minimum absolute atomic E-state index is 0.0496. The minimum Gasteiger partial charge on any atom is -0.444 e. The molecule has 1 atom stereocenters. The summed E-state index contributed by atoms with van der Waals surface area (Å²) in [6, 6.07) is -0.403. The molecule has 2 saturated heterocycles. The van der Waals surface area contributed by atoms with Crippen LogP contribution in [0.4, 0.5) is 10.7 Å². The lowest BCUT2D eigenvalue weighted by molar-refractivity contribution is -0.136. The van der Waals surface area contributed by atoms with Gasteiger partial charge in [0.1, 0.15) is 11.6 Å². The number of carbonyl (C=O) groups is 2. The van der Waals surface area contributed by atoms with Gasteiger partial charge in [0.15, 0.2) is 0 Å². The van der Waals surface area contributed by atoms with E-state index in [1.807, 2.05) is 67.2 Å². The average molecular weight is 560 g/mol. The first-order valence-electron chi connectivity index (χ1n) is 14.6. The van der Waals surface area contributed by atoms with Crippen molar-refractivity contribution in [3.05, 3.63) is 12.4 Å². The van der Waals surface area contributed by atoms with Crippen molar-refractivity contribution in [2.24, 2.45) is 11.8 Å². The summed E-state index contributed by atoms with van der Waals surface area (Å²) in [7, 11) is -0.493. The number of rotatable bonds is 8. The maximum absolute atomic E-state index is 13.3. The highest BCUT2D eigenvalue weighted by Crippen LogP contribution is 2.36. The van der Waals surface area contributed by atoms with Crippen LogP contribution >= 0.6 is 0 Å². The number of carbonyl (C=O) groups excluding carboxylic acids is 2. The van der Waals surface area contributed by atoms with Gasteiger partial charge in [-0.3, -0.25) is 4.79 Å². The third kappa shape index (κ3) is 7.87. The van der Waals surface area contributed by atoms with Crippen molar-refractivity contribution < 1.29 is 23.6 Å². The highest BCUT2D eigenvalue weighted by Gasteiger charge is 2.52. The lowest BCUT2D eigenvalue weighted by Crippen LogP contribution is -2.54. The van der Waals surface area contributed by atoms with E-state index in [0.29, 0.717) is 25.0 Å². The summed E-state index contributed by atoms with van der Waals surface area (Å²) in [6.45, 7) is 23.8. The number of likely N-dealkylation sites (tertiary alicyclic amines) is 1. The summed E-state index contributed by atoms with van der Waals surface area (Å²) in [5.41, 5.74) is -0.655. The van der Waals surface area contributed by atoms with Crippen LogP contribution in [0.25, 0.3) is 0 Å². The number of hydrogen-bond acceptors (Lipinski definition) is 8. The predicted octanol–water partition coefficient (Wildman–Crippen LogP) is 3.78. The monoisotopic (exact) mass is 559 g/mol. The van der Waals surface area contributed by atoms with Crippen molar-refractivity contribution in [2.45, 2.75) is 118 Å². The van der Waals surface area contributed by atoms with Gasteiger partial charge in [0.2, 0.25) is 11.9 Å². The molecule has 1 aromatic rings. The van der Waals surface area contributed by atoms with E-state index in [1.165, 1.54) is 0 Å². The molecule has 11 heteroatoms. The standard InChI is InChI=1S/C29H50BN5O5/c1-19(2)23(33-26(37)38-27(5,6)7)24(36)34-14-12-21(13-15-34)18-35(20(3)4)25-31-16-22(17-32-25)30-39-28(8,9)29(10,11)40-30/h16-17,19-21,23H,12-15,18H2,1-11H3,(H,33,37). The topological polar surface area (TPSA) is 106 Å². The molecule has 1 N–H and O–H groups in total. The second-order valence-corrected chi connectivity index (χ2v) is 13.8. The summed E-state index contributed by atoms with van der Waals surface area (Å²) in [6.07, 6.45) is 4.78. The molecule has 10 nitrogen and oxygen atoms in total. The Morgan fingerprint density at radius 1 is 1.07 bits per heavy atom. The van der Waals surface area contributed by atoms with Crippen LogP contribution in [0.1, 0.15) is 89.0 Å². The van der Waals surface area contributed by atoms with Crippen LogP contribution in [-0.4, -0.2) is 82.5 Å². The lowest BCUT2D eigenvalue weighted by atomic mass is 9.81. The molecular formula is C29H50BN5O5. The molecule has 0 spiro atoms. The van der Waals surface area contributed by atoms with Crippen LogP contribution in [-0.2, 0) is 18.8 Å². The molecule has 0 bridgehead atoms. The van der Waals surface area contributed by atoms with Crippen LogP contribution < -0.4 is 15.7 Å².